The van der Waals surface area contributed by atoms with Gasteiger partial charge in [0.25, 0.3) is 0 Å². The van der Waals surface area contributed by atoms with E-state index in [1.165, 1.54) is 26.0 Å². The van der Waals surface area contributed by atoms with Crippen LogP contribution in [-0.2, 0) is 4.79 Å². The van der Waals surface area contributed by atoms with Gasteiger partial charge in [-0.25, -0.2) is 4.79 Å². The van der Waals surface area contributed by atoms with Gasteiger partial charge in [-0.1, -0.05) is 61.0 Å². The zero-order valence-corrected chi connectivity index (χ0v) is 25.2. The molecule has 10 heteroatoms. The zero-order chi connectivity index (χ0) is 28.9. The summed E-state index contributed by atoms with van der Waals surface area (Å²) in [4.78, 5) is 30.7. The number of hydrogen-bond acceptors (Lipinski definition) is 6. The summed E-state index contributed by atoms with van der Waals surface area (Å²) in [5, 5.41) is 6.14. The lowest BCUT2D eigenvalue weighted by molar-refractivity contribution is -0.115. The fourth-order valence-electron chi connectivity index (χ4n) is 4.71. The minimum absolute atomic E-state index is 0.0888. The summed E-state index contributed by atoms with van der Waals surface area (Å²) in [5.74, 6) is 0.726. The molecule has 3 aromatic carbocycles. The molecule has 3 atom stereocenters. The van der Waals surface area contributed by atoms with E-state index in [1.807, 2.05) is 72.5 Å². The number of thioether (sulfide) groups is 2. The number of amides is 3. The first-order valence-electron chi connectivity index (χ1n) is 13.1. The highest BCUT2D eigenvalue weighted by Gasteiger charge is 2.36. The number of carbonyl (C=O) groups excluding carboxylic acids is 2. The number of nitrogens with zero attached hydrogens (tertiary/aromatic N) is 1. The fraction of sp³-hybridized carbons (Fsp3) is 0.226. The molecule has 5 rings (SSSR count). The molecule has 3 amide bonds. The maximum atomic E-state index is 13.7. The van der Waals surface area contributed by atoms with Crippen LogP contribution in [0.5, 0.6) is 11.5 Å². The van der Waals surface area contributed by atoms with Crippen LogP contribution in [0.1, 0.15) is 13.3 Å². The first-order chi connectivity index (χ1) is 19.9. The Morgan fingerprint density at radius 2 is 1.78 bits per heavy atom. The lowest BCUT2D eigenvalue weighted by Gasteiger charge is -2.40. The highest BCUT2D eigenvalue weighted by molar-refractivity contribution is 8.00. The summed E-state index contributed by atoms with van der Waals surface area (Å²) in [7, 11) is 3.04. The third-order valence-corrected chi connectivity index (χ3v) is 9.68. The monoisotopic (exact) mass is 607 g/mol. The molecule has 0 fully saturated rings. The molecule has 0 bridgehead atoms. The van der Waals surface area contributed by atoms with Gasteiger partial charge in [0, 0.05) is 21.5 Å². The van der Waals surface area contributed by atoms with Gasteiger partial charge in [0.15, 0.2) is 0 Å². The van der Waals surface area contributed by atoms with Crippen LogP contribution in [-0.4, -0.2) is 42.7 Å². The average Bonchev–Trinajstić information content (AvgIpc) is 2.98. The number of nitrogens with one attached hydrogen (secondary N) is 2. The highest BCUT2D eigenvalue weighted by Crippen LogP contribution is 2.44. The third-order valence-electron chi connectivity index (χ3n) is 6.72. The molecule has 0 radical (unpaired) electrons. The Labute approximate surface area is 253 Å². The van der Waals surface area contributed by atoms with Gasteiger partial charge in [0.1, 0.15) is 11.5 Å². The molecule has 0 spiro atoms. The van der Waals surface area contributed by atoms with Crippen LogP contribution in [0.3, 0.4) is 0 Å². The first-order valence-corrected chi connectivity index (χ1v) is 15.3. The van der Waals surface area contributed by atoms with E-state index in [-0.39, 0.29) is 23.2 Å². The summed E-state index contributed by atoms with van der Waals surface area (Å²) < 4.78 is 10.7. The Bertz CT molecular complexity index is 1510. The number of halogens is 1. The Morgan fingerprint density at radius 1 is 1.00 bits per heavy atom. The fourth-order valence-corrected chi connectivity index (χ4v) is 7.23. The predicted molar refractivity (Wildman–Crippen MR) is 169 cm³/mol. The second kappa shape index (κ2) is 13.0. The molecule has 7 nitrogen and oxygen atoms in total. The molecule has 41 heavy (non-hydrogen) atoms. The molecule has 2 aliphatic rings. The summed E-state index contributed by atoms with van der Waals surface area (Å²) >= 11 is 9.47. The van der Waals surface area contributed by atoms with Gasteiger partial charge in [-0.2, -0.15) is 0 Å². The van der Waals surface area contributed by atoms with Crippen LogP contribution in [0.15, 0.2) is 94.8 Å². The standard InChI is InChI=1S/C31H30ClN3O4S2/c1-4-27(30(36)34-22-17-21(32)25(38-2)18-26(22)39-3)40-20-11-9-10-19(16-20)33-31(37)35-23-12-5-7-14-28(23)41-29-15-8-6-13-24(29)35/h5-18,23,27-28H,4H2,1-3H3,(H,33,37)(H,34,36). The number of anilines is 3. The van der Waals surface area contributed by atoms with E-state index in [1.54, 1.807) is 23.9 Å². The molecule has 0 aromatic heterocycles. The molecule has 212 valence electrons. The number of hydrogen-bond donors (Lipinski definition) is 2. The van der Waals surface area contributed by atoms with Crippen molar-refractivity contribution in [2.45, 2.75) is 39.7 Å². The largest absolute Gasteiger partial charge is 0.495 e. The molecule has 1 heterocycles. The molecule has 1 aliphatic heterocycles. The summed E-state index contributed by atoms with van der Waals surface area (Å²) in [6.07, 6.45) is 8.80. The Hall–Kier alpha value is -3.53. The second-order valence-electron chi connectivity index (χ2n) is 9.33. The van der Waals surface area contributed by atoms with E-state index < -0.39 is 5.25 Å². The van der Waals surface area contributed by atoms with E-state index in [4.69, 9.17) is 21.1 Å². The number of urea groups is 1. The topological polar surface area (TPSA) is 79.9 Å². The van der Waals surface area contributed by atoms with Crippen LogP contribution in [0.25, 0.3) is 0 Å². The van der Waals surface area contributed by atoms with Gasteiger partial charge in [-0.15, -0.1) is 23.5 Å². The average molecular weight is 608 g/mol. The SMILES string of the molecule is CCC(Sc1cccc(NC(=O)N2c3ccccc3SC3C=CC=CC32)c1)C(=O)Nc1cc(Cl)c(OC)cc1OC. The van der Waals surface area contributed by atoms with E-state index >= 15 is 0 Å². The number of rotatable bonds is 8. The molecule has 3 unspecified atom stereocenters. The van der Waals surface area contributed by atoms with Crippen LogP contribution in [0.2, 0.25) is 5.02 Å². The second-order valence-corrected chi connectivity index (χ2v) is 12.2. The van der Waals surface area contributed by atoms with Gasteiger partial charge < -0.3 is 20.1 Å². The molecule has 3 aromatic rings. The number of ether oxygens (including phenoxy) is 2. The van der Waals surface area contributed by atoms with Crippen molar-refractivity contribution in [3.63, 3.8) is 0 Å². The maximum Gasteiger partial charge on any atom is 0.326 e. The molecule has 0 saturated heterocycles. The van der Waals surface area contributed by atoms with Crippen LogP contribution < -0.4 is 25.0 Å². The van der Waals surface area contributed by atoms with E-state index in [9.17, 15) is 9.59 Å². The van der Waals surface area contributed by atoms with Crippen molar-refractivity contribution in [2.75, 3.05) is 29.8 Å². The number of carbonyl (C=O) groups is 2. The molecular formula is C31H30ClN3O4S2. The van der Waals surface area contributed by atoms with Crippen molar-refractivity contribution in [3.8, 4) is 11.5 Å². The zero-order valence-electron chi connectivity index (χ0n) is 22.8. The van der Waals surface area contributed by atoms with Crippen molar-refractivity contribution in [3.05, 3.63) is 90.0 Å². The maximum absolute atomic E-state index is 13.7. The molecule has 0 saturated carbocycles. The number of benzene rings is 3. The minimum atomic E-state index is -0.391. The van der Waals surface area contributed by atoms with Crippen LogP contribution in [0, 0.1) is 0 Å². The van der Waals surface area contributed by atoms with Gasteiger partial charge in [0.2, 0.25) is 5.91 Å². The van der Waals surface area contributed by atoms with Gasteiger partial charge in [-0.05, 0) is 42.8 Å². The number of methoxy groups -OCH3 is 2. The normalized spacial score (nSPS) is 17.7. The first kappa shape index (κ1) is 29.0. The van der Waals surface area contributed by atoms with Crippen molar-refractivity contribution in [2.24, 2.45) is 0 Å². The Balaban J connectivity index is 1.30. The van der Waals surface area contributed by atoms with Crippen molar-refractivity contribution >= 4 is 64.1 Å². The van der Waals surface area contributed by atoms with Crippen LogP contribution in [0.4, 0.5) is 21.9 Å². The predicted octanol–water partition coefficient (Wildman–Crippen LogP) is 7.87. The quantitative estimate of drug-likeness (QED) is 0.254. The summed E-state index contributed by atoms with van der Waals surface area (Å²) in [6.45, 7) is 1.95. The third kappa shape index (κ3) is 6.37. The number of para-hydroxylation sites is 1. The van der Waals surface area contributed by atoms with Crippen molar-refractivity contribution < 1.29 is 19.1 Å². The Kier molecular flexibility index (Phi) is 9.17. The van der Waals surface area contributed by atoms with Crippen molar-refractivity contribution in [1.82, 2.24) is 0 Å². The van der Waals surface area contributed by atoms with E-state index in [0.29, 0.717) is 34.3 Å². The lowest BCUT2D eigenvalue weighted by Crippen LogP contribution is -2.49. The lowest BCUT2D eigenvalue weighted by atomic mass is 10.1. The smallest absolute Gasteiger partial charge is 0.326 e. The van der Waals surface area contributed by atoms with Crippen LogP contribution >= 0.6 is 35.1 Å². The van der Waals surface area contributed by atoms with Gasteiger partial charge in [-0.3, -0.25) is 9.69 Å². The molecular weight excluding hydrogens is 578 g/mol. The molecule has 2 N–H and O–H groups in total. The molecule has 1 aliphatic carbocycles. The summed E-state index contributed by atoms with van der Waals surface area (Å²) in [5.41, 5.74) is 2.01. The summed E-state index contributed by atoms with van der Waals surface area (Å²) in [6, 6.07) is 18.5. The Morgan fingerprint density at radius 3 is 2.56 bits per heavy atom. The van der Waals surface area contributed by atoms with Gasteiger partial charge >= 0.3 is 6.03 Å². The van der Waals surface area contributed by atoms with E-state index in [0.717, 1.165) is 15.5 Å². The van der Waals surface area contributed by atoms with Gasteiger partial charge in [0.05, 0.1) is 47.2 Å². The highest BCUT2D eigenvalue weighted by atomic mass is 35.5. The minimum Gasteiger partial charge on any atom is -0.495 e. The number of fused-ring (bicyclic) bond motifs is 2. The van der Waals surface area contributed by atoms with Crippen molar-refractivity contribution in [1.29, 1.82) is 0 Å². The van der Waals surface area contributed by atoms with E-state index in [2.05, 4.69) is 22.8 Å². The number of allylic oxidation sites excluding steroid dienone is 2.